The minimum atomic E-state index is 0.560. The van der Waals surface area contributed by atoms with Gasteiger partial charge in [-0.2, -0.15) is 5.10 Å². The van der Waals surface area contributed by atoms with Gasteiger partial charge in [0, 0.05) is 24.8 Å². The molecule has 2 rings (SSSR count). The van der Waals surface area contributed by atoms with E-state index in [2.05, 4.69) is 37.1 Å². The van der Waals surface area contributed by atoms with Crippen LogP contribution in [-0.2, 0) is 13.1 Å². The van der Waals surface area contributed by atoms with E-state index in [1.807, 2.05) is 16.9 Å². The third-order valence-corrected chi connectivity index (χ3v) is 2.78. The van der Waals surface area contributed by atoms with E-state index in [1.54, 1.807) is 0 Å². The normalized spacial score (nSPS) is 10.7. The van der Waals surface area contributed by atoms with E-state index in [-0.39, 0.29) is 0 Å². The summed E-state index contributed by atoms with van der Waals surface area (Å²) in [5.74, 6) is 0. The van der Waals surface area contributed by atoms with Gasteiger partial charge in [-0.3, -0.25) is 4.68 Å². The van der Waals surface area contributed by atoms with Crippen molar-refractivity contribution in [3.05, 3.63) is 41.6 Å². The highest BCUT2D eigenvalue weighted by molar-refractivity contribution is 5.64. The third kappa shape index (κ3) is 1.86. The van der Waals surface area contributed by atoms with E-state index >= 15 is 0 Å². The van der Waals surface area contributed by atoms with Crippen LogP contribution in [0.25, 0.3) is 11.3 Å². The molecule has 0 spiro atoms. The van der Waals surface area contributed by atoms with E-state index in [9.17, 15) is 0 Å². The van der Waals surface area contributed by atoms with Crippen LogP contribution >= 0.6 is 0 Å². The van der Waals surface area contributed by atoms with Crippen molar-refractivity contribution in [2.75, 3.05) is 0 Å². The van der Waals surface area contributed by atoms with E-state index < -0.39 is 0 Å². The predicted octanol–water partition coefficient (Wildman–Crippen LogP) is 2.34. The van der Waals surface area contributed by atoms with Crippen molar-refractivity contribution < 1.29 is 0 Å². The van der Waals surface area contributed by atoms with Gasteiger partial charge in [0.1, 0.15) is 0 Å². The number of nitrogens with zero attached hydrogens (tertiary/aromatic N) is 2. The Kier molecular flexibility index (Phi) is 3.06. The minimum Gasteiger partial charge on any atom is -0.326 e. The molecule has 3 nitrogen and oxygen atoms in total. The Morgan fingerprint density at radius 1 is 1.31 bits per heavy atom. The number of benzene rings is 1. The topological polar surface area (TPSA) is 43.8 Å². The molecule has 0 saturated carbocycles. The van der Waals surface area contributed by atoms with Crippen molar-refractivity contribution in [1.29, 1.82) is 0 Å². The first-order valence-corrected chi connectivity index (χ1v) is 5.58. The SMILES string of the molecule is CCn1nccc1-c1cc(C)ccc1CN. The van der Waals surface area contributed by atoms with Crippen molar-refractivity contribution in [2.24, 2.45) is 5.73 Å². The molecule has 0 saturated heterocycles. The van der Waals surface area contributed by atoms with E-state index in [1.165, 1.54) is 16.7 Å². The van der Waals surface area contributed by atoms with E-state index in [0.717, 1.165) is 12.2 Å². The lowest BCUT2D eigenvalue weighted by atomic mass is 10.0. The van der Waals surface area contributed by atoms with Crippen molar-refractivity contribution in [3.63, 3.8) is 0 Å². The van der Waals surface area contributed by atoms with Gasteiger partial charge in [0.25, 0.3) is 0 Å². The number of aryl methyl sites for hydroxylation is 2. The first-order valence-electron chi connectivity index (χ1n) is 5.58. The van der Waals surface area contributed by atoms with Gasteiger partial charge in [0.05, 0.1) is 5.69 Å². The summed E-state index contributed by atoms with van der Waals surface area (Å²) in [6.07, 6.45) is 1.83. The van der Waals surface area contributed by atoms with Gasteiger partial charge in [0.15, 0.2) is 0 Å². The molecule has 0 unspecified atom stereocenters. The average molecular weight is 215 g/mol. The zero-order valence-electron chi connectivity index (χ0n) is 9.77. The summed E-state index contributed by atoms with van der Waals surface area (Å²) in [6.45, 7) is 5.62. The van der Waals surface area contributed by atoms with Gasteiger partial charge >= 0.3 is 0 Å². The predicted molar refractivity (Wildman–Crippen MR) is 66.0 cm³/mol. The van der Waals surface area contributed by atoms with Crippen molar-refractivity contribution in [2.45, 2.75) is 26.9 Å². The van der Waals surface area contributed by atoms with Gasteiger partial charge in [-0.25, -0.2) is 0 Å². The Balaban J connectivity index is 2.58. The summed E-state index contributed by atoms with van der Waals surface area (Å²) in [5.41, 5.74) is 10.5. The molecule has 0 fully saturated rings. The van der Waals surface area contributed by atoms with E-state index in [0.29, 0.717) is 6.54 Å². The minimum absolute atomic E-state index is 0.560. The van der Waals surface area contributed by atoms with Crippen molar-refractivity contribution in [1.82, 2.24) is 9.78 Å². The number of hydrogen-bond acceptors (Lipinski definition) is 2. The van der Waals surface area contributed by atoms with E-state index in [4.69, 9.17) is 5.73 Å². The highest BCUT2D eigenvalue weighted by atomic mass is 15.3. The van der Waals surface area contributed by atoms with Crippen LogP contribution in [0.4, 0.5) is 0 Å². The number of nitrogens with two attached hydrogens (primary N) is 1. The molecule has 0 atom stereocenters. The molecule has 16 heavy (non-hydrogen) atoms. The lowest BCUT2D eigenvalue weighted by Crippen LogP contribution is -2.04. The molecule has 0 aliphatic heterocycles. The number of hydrogen-bond donors (Lipinski definition) is 1. The second kappa shape index (κ2) is 4.49. The van der Waals surface area contributed by atoms with Crippen molar-refractivity contribution >= 4 is 0 Å². The van der Waals surface area contributed by atoms with Crippen LogP contribution < -0.4 is 5.73 Å². The molecular weight excluding hydrogens is 198 g/mol. The maximum Gasteiger partial charge on any atom is 0.0685 e. The highest BCUT2D eigenvalue weighted by Gasteiger charge is 2.08. The Morgan fingerprint density at radius 3 is 2.81 bits per heavy atom. The molecule has 2 N–H and O–H groups in total. The molecule has 84 valence electrons. The lowest BCUT2D eigenvalue weighted by molar-refractivity contribution is 0.666. The van der Waals surface area contributed by atoms with Gasteiger partial charge in [0.2, 0.25) is 0 Å². The van der Waals surface area contributed by atoms with Gasteiger partial charge < -0.3 is 5.73 Å². The molecule has 0 aliphatic rings. The Hall–Kier alpha value is -1.61. The fourth-order valence-electron chi connectivity index (χ4n) is 1.92. The molecule has 3 heteroatoms. The van der Waals surface area contributed by atoms with Gasteiger partial charge in [-0.1, -0.05) is 17.7 Å². The second-order valence-electron chi connectivity index (χ2n) is 3.90. The smallest absolute Gasteiger partial charge is 0.0685 e. The first-order chi connectivity index (χ1) is 7.76. The third-order valence-electron chi connectivity index (χ3n) is 2.78. The summed E-state index contributed by atoms with van der Waals surface area (Å²) in [5, 5.41) is 4.29. The summed E-state index contributed by atoms with van der Waals surface area (Å²) >= 11 is 0. The lowest BCUT2D eigenvalue weighted by Gasteiger charge is -2.10. The largest absolute Gasteiger partial charge is 0.326 e. The molecule has 0 aliphatic carbocycles. The Labute approximate surface area is 95.9 Å². The van der Waals surface area contributed by atoms with Crippen molar-refractivity contribution in [3.8, 4) is 11.3 Å². The molecule has 1 aromatic heterocycles. The summed E-state index contributed by atoms with van der Waals surface area (Å²) in [4.78, 5) is 0. The Morgan fingerprint density at radius 2 is 2.12 bits per heavy atom. The van der Waals surface area contributed by atoms with Crippen LogP contribution in [0.3, 0.4) is 0 Å². The summed E-state index contributed by atoms with van der Waals surface area (Å²) in [7, 11) is 0. The highest BCUT2D eigenvalue weighted by Crippen LogP contribution is 2.24. The monoisotopic (exact) mass is 215 g/mol. The standard InChI is InChI=1S/C13H17N3/c1-3-16-13(6-7-15-16)12-8-10(2)4-5-11(12)9-14/h4-8H,3,9,14H2,1-2H3. The first kappa shape index (κ1) is 10.9. The van der Waals surface area contributed by atoms with Crippen LogP contribution in [0.5, 0.6) is 0 Å². The summed E-state index contributed by atoms with van der Waals surface area (Å²) in [6, 6.07) is 8.40. The van der Waals surface area contributed by atoms with Gasteiger partial charge in [-0.05, 0) is 31.5 Å². The average Bonchev–Trinajstić information content (AvgIpc) is 2.76. The molecule has 1 aromatic carbocycles. The number of aromatic nitrogens is 2. The second-order valence-corrected chi connectivity index (χ2v) is 3.90. The molecular formula is C13H17N3. The van der Waals surface area contributed by atoms with Crippen LogP contribution in [0.1, 0.15) is 18.1 Å². The Bertz CT molecular complexity index is 486. The van der Waals surface area contributed by atoms with Crippen LogP contribution in [0.2, 0.25) is 0 Å². The maximum atomic E-state index is 5.77. The number of rotatable bonds is 3. The molecule has 1 heterocycles. The summed E-state index contributed by atoms with van der Waals surface area (Å²) < 4.78 is 1.99. The molecule has 0 bridgehead atoms. The van der Waals surface area contributed by atoms with Crippen LogP contribution in [-0.4, -0.2) is 9.78 Å². The van der Waals surface area contributed by atoms with Crippen LogP contribution in [0, 0.1) is 6.92 Å². The molecule has 0 radical (unpaired) electrons. The fraction of sp³-hybridized carbons (Fsp3) is 0.308. The van der Waals surface area contributed by atoms with Crippen LogP contribution in [0.15, 0.2) is 30.5 Å². The quantitative estimate of drug-likeness (QED) is 0.854. The zero-order chi connectivity index (χ0) is 11.5. The fourth-order valence-corrected chi connectivity index (χ4v) is 1.92. The van der Waals surface area contributed by atoms with Gasteiger partial charge in [-0.15, -0.1) is 0 Å². The maximum absolute atomic E-state index is 5.77. The zero-order valence-corrected chi connectivity index (χ0v) is 9.77. The molecule has 2 aromatic rings. The molecule has 0 amide bonds.